The lowest BCUT2D eigenvalue weighted by atomic mass is 10.2. The second-order valence-electron chi connectivity index (χ2n) is 4.14. The van der Waals surface area contributed by atoms with Crippen LogP contribution in [0.3, 0.4) is 0 Å². The minimum atomic E-state index is -0.0318. The van der Waals surface area contributed by atoms with Crippen LogP contribution in [0, 0.1) is 0 Å². The molecule has 0 fully saturated rings. The summed E-state index contributed by atoms with van der Waals surface area (Å²) in [4.78, 5) is 17.8. The molecule has 0 atom stereocenters. The zero-order chi connectivity index (χ0) is 14.5. The fraction of sp³-hybridized carbons (Fsp3) is 0.286. The standard InChI is InChI=1S/C14H15ClN2O2S/c1-17(13(18)7-8-15)14-16-12(9-20-14)10-3-5-11(19-2)6-4-10/h3-6,9H,7-8H2,1-2H3. The van der Waals surface area contributed by atoms with Gasteiger partial charge in [0.25, 0.3) is 0 Å². The van der Waals surface area contributed by atoms with Crippen molar-refractivity contribution in [3.8, 4) is 17.0 Å². The van der Waals surface area contributed by atoms with Crippen LogP contribution < -0.4 is 9.64 Å². The second-order valence-corrected chi connectivity index (χ2v) is 5.35. The first-order chi connectivity index (χ1) is 9.65. The van der Waals surface area contributed by atoms with Gasteiger partial charge in [0, 0.05) is 30.3 Å². The van der Waals surface area contributed by atoms with Gasteiger partial charge in [-0.1, -0.05) is 0 Å². The molecule has 4 nitrogen and oxygen atoms in total. The molecule has 0 saturated carbocycles. The average Bonchev–Trinajstić information content (AvgIpc) is 2.96. The summed E-state index contributed by atoms with van der Waals surface area (Å²) in [5.74, 6) is 1.09. The fourth-order valence-electron chi connectivity index (χ4n) is 1.67. The Balaban J connectivity index is 2.17. The highest BCUT2D eigenvalue weighted by molar-refractivity contribution is 7.14. The van der Waals surface area contributed by atoms with E-state index in [1.165, 1.54) is 11.3 Å². The van der Waals surface area contributed by atoms with Gasteiger partial charge in [-0.15, -0.1) is 22.9 Å². The molecule has 1 aromatic carbocycles. The molecule has 0 saturated heterocycles. The van der Waals surface area contributed by atoms with Gasteiger partial charge in [-0.25, -0.2) is 4.98 Å². The van der Waals surface area contributed by atoms with E-state index < -0.39 is 0 Å². The van der Waals surface area contributed by atoms with Gasteiger partial charge < -0.3 is 4.74 Å². The number of nitrogens with zero attached hydrogens (tertiary/aromatic N) is 2. The first kappa shape index (κ1) is 14.8. The summed E-state index contributed by atoms with van der Waals surface area (Å²) in [6.45, 7) is 0. The zero-order valence-electron chi connectivity index (χ0n) is 11.3. The van der Waals surface area contributed by atoms with Crippen molar-refractivity contribution < 1.29 is 9.53 Å². The molecule has 0 bridgehead atoms. The number of thiazole rings is 1. The molecule has 1 heterocycles. The first-order valence-electron chi connectivity index (χ1n) is 6.08. The fourth-order valence-corrected chi connectivity index (χ4v) is 2.65. The van der Waals surface area contributed by atoms with E-state index in [2.05, 4.69) is 4.98 Å². The maximum Gasteiger partial charge on any atom is 0.229 e. The van der Waals surface area contributed by atoms with Crippen LogP contribution in [0.4, 0.5) is 5.13 Å². The third kappa shape index (κ3) is 3.29. The van der Waals surface area contributed by atoms with Gasteiger partial charge in [0.15, 0.2) is 5.13 Å². The lowest BCUT2D eigenvalue weighted by Gasteiger charge is -2.12. The number of rotatable bonds is 5. The molecule has 20 heavy (non-hydrogen) atoms. The highest BCUT2D eigenvalue weighted by Crippen LogP contribution is 2.28. The Kier molecular flexibility index (Phi) is 4.98. The highest BCUT2D eigenvalue weighted by Gasteiger charge is 2.14. The minimum Gasteiger partial charge on any atom is -0.497 e. The largest absolute Gasteiger partial charge is 0.497 e. The van der Waals surface area contributed by atoms with Crippen LogP contribution in [-0.2, 0) is 4.79 Å². The van der Waals surface area contributed by atoms with Gasteiger partial charge >= 0.3 is 0 Å². The number of benzene rings is 1. The molecule has 0 aliphatic rings. The van der Waals surface area contributed by atoms with Crippen molar-refractivity contribution in [1.82, 2.24) is 4.98 Å². The molecule has 6 heteroatoms. The van der Waals surface area contributed by atoms with Crippen molar-refractivity contribution in [2.45, 2.75) is 6.42 Å². The molecule has 2 aromatic rings. The third-order valence-corrected chi connectivity index (χ3v) is 3.95. The van der Waals surface area contributed by atoms with Crippen molar-refractivity contribution in [2.75, 3.05) is 24.9 Å². The topological polar surface area (TPSA) is 42.4 Å². The van der Waals surface area contributed by atoms with Crippen LogP contribution in [-0.4, -0.2) is 30.9 Å². The van der Waals surface area contributed by atoms with E-state index in [1.54, 1.807) is 19.1 Å². The summed E-state index contributed by atoms with van der Waals surface area (Å²) < 4.78 is 5.12. The second kappa shape index (κ2) is 6.72. The summed E-state index contributed by atoms with van der Waals surface area (Å²) >= 11 is 7.02. The molecule has 1 aromatic heterocycles. The SMILES string of the molecule is COc1ccc(-c2csc(N(C)C(=O)CCCl)n2)cc1. The van der Waals surface area contributed by atoms with Crippen molar-refractivity contribution in [1.29, 1.82) is 0 Å². The van der Waals surface area contributed by atoms with Crippen LogP contribution in [0.1, 0.15) is 6.42 Å². The number of hydrogen-bond donors (Lipinski definition) is 0. The summed E-state index contributed by atoms with van der Waals surface area (Å²) in [7, 11) is 3.35. The molecule has 0 N–H and O–H groups in total. The Hall–Kier alpha value is -1.59. The van der Waals surface area contributed by atoms with E-state index in [0.717, 1.165) is 17.0 Å². The van der Waals surface area contributed by atoms with Crippen LogP contribution in [0.2, 0.25) is 0 Å². The Morgan fingerprint density at radius 2 is 2.10 bits per heavy atom. The maximum atomic E-state index is 11.8. The number of carbonyl (C=O) groups excluding carboxylic acids is 1. The smallest absolute Gasteiger partial charge is 0.229 e. The molecular formula is C14H15ClN2O2S. The summed E-state index contributed by atoms with van der Waals surface area (Å²) in [5, 5.41) is 2.60. The van der Waals surface area contributed by atoms with E-state index in [-0.39, 0.29) is 5.91 Å². The minimum absolute atomic E-state index is 0.0318. The molecule has 0 unspecified atom stereocenters. The third-order valence-electron chi connectivity index (χ3n) is 2.85. The predicted molar refractivity (Wildman–Crippen MR) is 82.8 cm³/mol. The number of hydrogen-bond acceptors (Lipinski definition) is 4. The Bertz CT molecular complexity index is 583. The van der Waals surface area contributed by atoms with Gasteiger partial charge in [0.05, 0.1) is 12.8 Å². The van der Waals surface area contributed by atoms with E-state index >= 15 is 0 Å². The summed E-state index contributed by atoms with van der Waals surface area (Å²) in [6, 6.07) is 7.66. The first-order valence-corrected chi connectivity index (χ1v) is 7.49. The number of alkyl halides is 1. The Morgan fingerprint density at radius 1 is 1.40 bits per heavy atom. The predicted octanol–water partition coefficient (Wildman–Crippen LogP) is 3.41. The summed E-state index contributed by atoms with van der Waals surface area (Å²) in [5.41, 5.74) is 1.84. The number of amides is 1. The highest BCUT2D eigenvalue weighted by atomic mass is 35.5. The maximum absolute atomic E-state index is 11.8. The van der Waals surface area contributed by atoms with E-state index in [9.17, 15) is 4.79 Å². The van der Waals surface area contributed by atoms with Gasteiger partial charge in [0.2, 0.25) is 5.91 Å². The number of halogens is 1. The molecule has 0 aliphatic carbocycles. The van der Waals surface area contributed by atoms with Crippen LogP contribution in [0.25, 0.3) is 11.3 Å². The van der Waals surface area contributed by atoms with Crippen LogP contribution in [0.15, 0.2) is 29.6 Å². The lowest BCUT2D eigenvalue weighted by molar-refractivity contribution is -0.117. The van der Waals surface area contributed by atoms with Gasteiger partial charge in [-0.05, 0) is 24.3 Å². The Labute approximate surface area is 127 Å². The number of carbonyl (C=O) groups is 1. The van der Waals surface area contributed by atoms with E-state index in [4.69, 9.17) is 16.3 Å². The normalized spacial score (nSPS) is 10.3. The number of methoxy groups -OCH3 is 1. The molecule has 106 valence electrons. The zero-order valence-corrected chi connectivity index (χ0v) is 12.9. The van der Waals surface area contributed by atoms with Crippen molar-refractivity contribution >= 4 is 34.0 Å². The Morgan fingerprint density at radius 3 is 2.70 bits per heavy atom. The summed E-state index contributed by atoms with van der Waals surface area (Å²) in [6.07, 6.45) is 0.315. The molecule has 2 rings (SSSR count). The van der Waals surface area contributed by atoms with Crippen molar-refractivity contribution in [2.24, 2.45) is 0 Å². The van der Waals surface area contributed by atoms with Gasteiger partial charge in [-0.3, -0.25) is 9.69 Å². The molecule has 0 aliphatic heterocycles. The van der Waals surface area contributed by atoms with Gasteiger partial charge in [-0.2, -0.15) is 0 Å². The van der Waals surface area contributed by atoms with Crippen LogP contribution >= 0.6 is 22.9 Å². The molecule has 1 amide bonds. The van der Waals surface area contributed by atoms with Gasteiger partial charge in [0.1, 0.15) is 5.75 Å². The quantitative estimate of drug-likeness (QED) is 0.795. The number of ether oxygens (including phenoxy) is 1. The van der Waals surface area contributed by atoms with Crippen molar-refractivity contribution in [3.05, 3.63) is 29.6 Å². The average molecular weight is 311 g/mol. The van der Waals surface area contributed by atoms with E-state index in [0.29, 0.717) is 17.4 Å². The lowest BCUT2D eigenvalue weighted by Crippen LogP contribution is -2.26. The van der Waals surface area contributed by atoms with Crippen molar-refractivity contribution in [3.63, 3.8) is 0 Å². The monoisotopic (exact) mass is 310 g/mol. The number of aromatic nitrogens is 1. The molecular weight excluding hydrogens is 296 g/mol. The number of anilines is 1. The molecule has 0 spiro atoms. The molecule has 0 radical (unpaired) electrons. The van der Waals surface area contributed by atoms with E-state index in [1.807, 2.05) is 29.6 Å². The van der Waals surface area contributed by atoms with Crippen LogP contribution in [0.5, 0.6) is 5.75 Å².